The Bertz CT molecular complexity index is 295. The van der Waals surface area contributed by atoms with Gasteiger partial charge in [0.2, 0.25) is 0 Å². The minimum Gasteiger partial charge on any atom is -0.467 e. The van der Waals surface area contributed by atoms with Crippen LogP contribution in [0.2, 0.25) is 0 Å². The normalized spacial score (nSPS) is 17.1. The van der Waals surface area contributed by atoms with Crippen LogP contribution in [0.5, 0.6) is 0 Å². The second-order valence-corrected chi connectivity index (χ2v) is 4.88. The van der Waals surface area contributed by atoms with Gasteiger partial charge in [-0.05, 0) is 63.5 Å². The second-order valence-electron chi connectivity index (χ2n) is 4.88. The molecule has 0 radical (unpaired) electrons. The summed E-state index contributed by atoms with van der Waals surface area (Å²) in [4.78, 5) is 0. The van der Waals surface area contributed by atoms with Gasteiger partial charge in [0.1, 0.15) is 12.4 Å². The maximum Gasteiger partial charge on any atom is 0.129 e. The summed E-state index contributed by atoms with van der Waals surface area (Å²) in [6.07, 6.45) is 5.36. The molecule has 0 saturated carbocycles. The topological polar surface area (TPSA) is 46.4 Å². The van der Waals surface area contributed by atoms with Crippen molar-refractivity contribution in [2.75, 3.05) is 32.8 Å². The van der Waals surface area contributed by atoms with Crippen LogP contribution in [0.4, 0.5) is 0 Å². The highest BCUT2D eigenvalue weighted by atomic mass is 16.5. The summed E-state index contributed by atoms with van der Waals surface area (Å²) in [6, 6.07) is 3.83. The highest BCUT2D eigenvalue weighted by Crippen LogP contribution is 2.09. The second kappa shape index (κ2) is 8.29. The molecule has 18 heavy (non-hydrogen) atoms. The molecule has 0 unspecified atom stereocenters. The molecular weight excluding hydrogens is 228 g/mol. The Hall–Kier alpha value is -0.840. The lowest BCUT2D eigenvalue weighted by molar-refractivity contribution is 0.104. The van der Waals surface area contributed by atoms with Gasteiger partial charge in [-0.3, -0.25) is 0 Å². The number of ether oxygens (including phenoxy) is 1. The SMILES string of the molecule is c1coc(COCCCNCC2CCNCC2)c1. The Morgan fingerprint density at radius 1 is 1.39 bits per heavy atom. The number of hydrogen-bond donors (Lipinski definition) is 2. The monoisotopic (exact) mass is 252 g/mol. The molecule has 0 bridgehead atoms. The van der Waals surface area contributed by atoms with Crippen molar-refractivity contribution in [1.29, 1.82) is 0 Å². The first-order valence-corrected chi connectivity index (χ1v) is 6.97. The zero-order valence-corrected chi connectivity index (χ0v) is 11.0. The molecule has 0 aliphatic carbocycles. The molecule has 1 saturated heterocycles. The summed E-state index contributed by atoms with van der Waals surface area (Å²) in [6.45, 7) is 5.93. The fourth-order valence-corrected chi connectivity index (χ4v) is 2.26. The quantitative estimate of drug-likeness (QED) is 0.692. The summed E-state index contributed by atoms with van der Waals surface area (Å²) in [5.41, 5.74) is 0. The largest absolute Gasteiger partial charge is 0.467 e. The van der Waals surface area contributed by atoms with Crippen molar-refractivity contribution in [3.05, 3.63) is 24.2 Å². The number of hydrogen-bond acceptors (Lipinski definition) is 4. The van der Waals surface area contributed by atoms with Gasteiger partial charge < -0.3 is 19.8 Å². The summed E-state index contributed by atoms with van der Waals surface area (Å²) >= 11 is 0. The highest BCUT2D eigenvalue weighted by Gasteiger charge is 2.11. The van der Waals surface area contributed by atoms with E-state index in [1.54, 1.807) is 6.26 Å². The van der Waals surface area contributed by atoms with E-state index in [-0.39, 0.29) is 0 Å². The van der Waals surface area contributed by atoms with E-state index in [0.29, 0.717) is 6.61 Å². The van der Waals surface area contributed by atoms with Crippen LogP contribution < -0.4 is 10.6 Å². The molecule has 0 amide bonds. The minimum atomic E-state index is 0.585. The summed E-state index contributed by atoms with van der Waals surface area (Å²) < 4.78 is 10.7. The van der Waals surface area contributed by atoms with Crippen LogP contribution in [0.25, 0.3) is 0 Å². The first-order chi connectivity index (χ1) is 8.95. The molecule has 1 aromatic heterocycles. The molecule has 2 heterocycles. The maximum absolute atomic E-state index is 5.53. The third-order valence-corrected chi connectivity index (χ3v) is 3.36. The van der Waals surface area contributed by atoms with Crippen LogP contribution in [0.3, 0.4) is 0 Å². The molecule has 1 aliphatic rings. The lowest BCUT2D eigenvalue weighted by Gasteiger charge is -2.22. The van der Waals surface area contributed by atoms with Crippen molar-refractivity contribution in [1.82, 2.24) is 10.6 Å². The van der Waals surface area contributed by atoms with Gasteiger partial charge in [-0.25, -0.2) is 0 Å². The van der Waals surface area contributed by atoms with E-state index in [1.807, 2.05) is 12.1 Å². The minimum absolute atomic E-state index is 0.585. The molecule has 1 fully saturated rings. The Morgan fingerprint density at radius 2 is 2.28 bits per heavy atom. The molecule has 0 spiro atoms. The standard InChI is InChI=1S/C14H24N2O2/c1-3-14(18-10-1)12-17-9-2-6-16-11-13-4-7-15-8-5-13/h1,3,10,13,15-16H,2,4-9,11-12H2. The van der Waals surface area contributed by atoms with E-state index in [4.69, 9.17) is 9.15 Å². The van der Waals surface area contributed by atoms with Gasteiger partial charge in [0.15, 0.2) is 0 Å². The Kier molecular flexibility index (Phi) is 6.26. The van der Waals surface area contributed by atoms with Crippen molar-refractivity contribution < 1.29 is 9.15 Å². The zero-order chi connectivity index (χ0) is 12.5. The lowest BCUT2D eigenvalue weighted by Crippen LogP contribution is -2.34. The predicted octanol–water partition coefficient (Wildman–Crippen LogP) is 1.78. The van der Waals surface area contributed by atoms with E-state index in [2.05, 4.69) is 10.6 Å². The average Bonchev–Trinajstić information content (AvgIpc) is 2.92. The first kappa shape index (κ1) is 13.6. The molecular formula is C14H24N2O2. The van der Waals surface area contributed by atoms with Crippen LogP contribution in [-0.2, 0) is 11.3 Å². The number of rotatable bonds is 8. The van der Waals surface area contributed by atoms with Gasteiger partial charge in [-0.1, -0.05) is 0 Å². The number of furan rings is 1. The third-order valence-electron chi connectivity index (χ3n) is 3.36. The van der Waals surface area contributed by atoms with Crippen molar-refractivity contribution in [3.63, 3.8) is 0 Å². The number of nitrogens with one attached hydrogen (secondary N) is 2. The van der Waals surface area contributed by atoms with E-state index < -0.39 is 0 Å². The average molecular weight is 252 g/mol. The maximum atomic E-state index is 5.53. The molecule has 1 aliphatic heterocycles. The van der Waals surface area contributed by atoms with E-state index in [9.17, 15) is 0 Å². The van der Waals surface area contributed by atoms with Gasteiger partial charge in [0.25, 0.3) is 0 Å². The van der Waals surface area contributed by atoms with Crippen molar-refractivity contribution in [2.24, 2.45) is 5.92 Å². The molecule has 0 atom stereocenters. The van der Waals surface area contributed by atoms with Gasteiger partial charge in [-0.2, -0.15) is 0 Å². The summed E-state index contributed by atoms with van der Waals surface area (Å²) in [7, 11) is 0. The van der Waals surface area contributed by atoms with E-state index >= 15 is 0 Å². The fraction of sp³-hybridized carbons (Fsp3) is 0.714. The van der Waals surface area contributed by atoms with Crippen molar-refractivity contribution >= 4 is 0 Å². The molecule has 102 valence electrons. The predicted molar refractivity (Wildman–Crippen MR) is 71.4 cm³/mol. The van der Waals surface area contributed by atoms with E-state index in [0.717, 1.165) is 37.8 Å². The van der Waals surface area contributed by atoms with Gasteiger partial charge >= 0.3 is 0 Å². The third kappa shape index (κ3) is 5.21. The van der Waals surface area contributed by atoms with Crippen molar-refractivity contribution in [3.8, 4) is 0 Å². The highest BCUT2D eigenvalue weighted by molar-refractivity contribution is 4.95. The zero-order valence-electron chi connectivity index (χ0n) is 11.0. The molecule has 0 aromatic carbocycles. The van der Waals surface area contributed by atoms with Crippen LogP contribution >= 0.6 is 0 Å². The van der Waals surface area contributed by atoms with Gasteiger partial charge in [0, 0.05) is 6.61 Å². The molecule has 4 nitrogen and oxygen atoms in total. The van der Waals surface area contributed by atoms with Gasteiger partial charge in [0.05, 0.1) is 6.26 Å². The van der Waals surface area contributed by atoms with Crippen LogP contribution in [-0.4, -0.2) is 32.8 Å². The van der Waals surface area contributed by atoms with Crippen LogP contribution in [0.15, 0.2) is 22.8 Å². The lowest BCUT2D eigenvalue weighted by atomic mass is 9.98. The van der Waals surface area contributed by atoms with Crippen LogP contribution in [0.1, 0.15) is 25.0 Å². The molecule has 4 heteroatoms. The summed E-state index contributed by atoms with van der Waals surface area (Å²) in [5.74, 6) is 1.76. The van der Waals surface area contributed by atoms with Crippen molar-refractivity contribution in [2.45, 2.75) is 25.9 Å². The molecule has 2 rings (SSSR count). The summed E-state index contributed by atoms with van der Waals surface area (Å²) in [5, 5.41) is 6.91. The molecule has 1 aromatic rings. The first-order valence-electron chi connectivity index (χ1n) is 6.97. The fourth-order valence-electron chi connectivity index (χ4n) is 2.26. The number of piperidine rings is 1. The van der Waals surface area contributed by atoms with Crippen LogP contribution in [0, 0.1) is 5.92 Å². The Morgan fingerprint density at radius 3 is 3.06 bits per heavy atom. The Labute approximate surface area is 109 Å². The van der Waals surface area contributed by atoms with Gasteiger partial charge in [-0.15, -0.1) is 0 Å². The van der Waals surface area contributed by atoms with E-state index in [1.165, 1.54) is 25.9 Å². The smallest absolute Gasteiger partial charge is 0.129 e. The molecule has 2 N–H and O–H groups in total. The Balaban J connectivity index is 1.39.